The normalized spacial score (nSPS) is 10.8. The molecule has 0 unspecified atom stereocenters. The number of aromatic nitrogens is 2. The minimum atomic E-state index is -0.264. The van der Waals surface area contributed by atoms with Gasteiger partial charge in [0.2, 0.25) is 5.91 Å². The molecule has 0 fully saturated rings. The number of amides is 1. The molecule has 5 nitrogen and oxygen atoms in total. The summed E-state index contributed by atoms with van der Waals surface area (Å²) < 4.78 is 2.11. The third kappa shape index (κ3) is 3.38. The van der Waals surface area contributed by atoms with Gasteiger partial charge in [-0.3, -0.25) is 14.2 Å². The molecule has 1 aromatic heterocycles. The van der Waals surface area contributed by atoms with Crippen LogP contribution in [0.15, 0.2) is 52.0 Å². The number of hydrogen-bond acceptors (Lipinski definition) is 3. The first-order valence-electron chi connectivity index (χ1n) is 7.46. The number of halogens is 1. The molecule has 0 aliphatic rings. The second-order valence-corrected chi connectivity index (χ2v) is 6.62. The van der Waals surface area contributed by atoms with E-state index in [0.29, 0.717) is 10.9 Å². The van der Waals surface area contributed by atoms with Gasteiger partial charge in [-0.05, 0) is 43.7 Å². The largest absolute Gasteiger partial charge is 0.324 e. The van der Waals surface area contributed by atoms with Crippen LogP contribution in [0.4, 0.5) is 5.69 Å². The number of aryl methyl sites for hydroxylation is 2. The summed E-state index contributed by atoms with van der Waals surface area (Å²) in [7, 11) is 0. The first-order valence-corrected chi connectivity index (χ1v) is 8.25. The fourth-order valence-electron chi connectivity index (χ4n) is 2.54. The summed E-state index contributed by atoms with van der Waals surface area (Å²) in [6, 6.07) is 11.1. The fourth-order valence-corrected chi connectivity index (χ4v) is 2.90. The Hall–Kier alpha value is -2.47. The van der Waals surface area contributed by atoms with Crippen molar-refractivity contribution in [3.05, 3.63) is 68.7 Å². The Bertz CT molecular complexity index is 995. The van der Waals surface area contributed by atoms with Crippen LogP contribution in [0.1, 0.15) is 11.1 Å². The summed E-state index contributed by atoms with van der Waals surface area (Å²) in [5.74, 6) is -0.264. The highest BCUT2D eigenvalue weighted by molar-refractivity contribution is 9.10. The Morgan fingerprint density at radius 1 is 1.21 bits per heavy atom. The standard InChI is InChI=1S/C18H16BrN3O2/c1-11-3-5-15(12(2)7-11)21-17(23)9-22-10-20-16-6-4-13(19)8-14(16)18(22)24/h3-8,10H,9H2,1-2H3,(H,21,23). The van der Waals surface area contributed by atoms with Gasteiger partial charge in [-0.25, -0.2) is 4.98 Å². The van der Waals surface area contributed by atoms with E-state index in [2.05, 4.69) is 26.2 Å². The van der Waals surface area contributed by atoms with Gasteiger partial charge in [0.05, 0.1) is 17.2 Å². The Labute approximate surface area is 147 Å². The van der Waals surface area contributed by atoms with Gasteiger partial charge in [0.25, 0.3) is 5.56 Å². The van der Waals surface area contributed by atoms with Gasteiger partial charge in [0.15, 0.2) is 0 Å². The zero-order valence-electron chi connectivity index (χ0n) is 13.3. The van der Waals surface area contributed by atoms with Crippen molar-refractivity contribution in [3.8, 4) is 0 Å². The minimum absolute atomic E-state index is 0.0817. The molecule has 0 saturated heterocycles. The van der Waals surface area contributed by atoms with Crippen molar-refractivity contribution in [1.29, 1.82) is 0 Å². The van der Waals surface area contributed by atoms with Crippen molar-refractivity contribution in [3.63, 3.8) is 0 Å². The summed E-state index contributed by atoms with van der Waals surface area (Å²) >= 11 is 3.34. The highest BCUT2D eigenvalue weighted by atomic mass is 79.9. The lowest BCUT2D eigenvalue weighted by atomic mass is 10.1. The van der Waals surface area contributed by atoms with E-state index < -0.39 is 0 Å². The zero-order chi connectivity index (χ0) is 17.3. The van der Waals surface area contributed by atoms with E-state index in [1.807, 2.05) is 38.1 Å². The molecule has 3 aromatic rings. The fraction of sp³-hybridized carbons (Fsp3) is 0.167. The van der Waals surface area contributed by atoms with Gasteiger partial charge in [0, 0.05) is 10.2 Å². The van der Waals surface area contributed by atoms with Crippen LogP contribution >= 0.6 is 15.9 Å². The lowest BCUT2D eigenvalue weighted by Crippen LogP contribution is -2.28. The molecule has 1 N–H and O–H groups in total. The topological polar surface area (TPSA) is 64.0 Å². The van der Waals surface area contributed by atoms with Crippen molar-refractivity contribution in [2.45, 2.75) is 20.4 Å². The van der Waals surface area contributed by atoms with Crippen LogP contribution in [0, 0.1) is 13.8 Å². The molecule has 0 aliphatic heterocycles. The summed E-state index contributed by atoms with van der Waals surface area (Å²) in [6.07, 6.45) is 1.40. The molecule has 122 valence electrons. The average molecular weight is 386 g/mol. The molecule has 24 heavy (non-hydrogen) atoms. The molecule has 0 bridgehead atoms. The monoisotopic (exact) mass is 385 g/mol. The number of nitrogens with one attached hydrogen (secondary N) is 1. The van der Waals surface area contributed by atoms with E-state index in [4.69, 9.17) is 0 Å². The van der Waals surface area contributed by atoms with Gasteiger partial charge in [-0.1, -0.05) is 33.6 Å². The van der Waals surface area contributed by atoms with Crippen molar-refractivity contribution in [1.82, 2.24) is 9.55 Å². The van der Waals surface area contributed by atoms with E-state index in [9.17, 15) is 9.59 Å². The van der Waals surface area contributed by atoms with Crippen molar-refractivity contribution >= 4 is 38.4 Å². The second-order valence-electron chi connectivity index (χ2n) is 5.71. The molecule has 6 heteroatoms. The van der Waals surface area contributed by atoms with Gasteiger partial charge < -0.3 is 5.32 Å². The number of fused-ring (bicyclic) bond motifs is 1. The molecule has 3 rings (SSSR count). The highest BCUT2D eigenvalue weighted by Crippen LogP contribution is 2.16. The Kier molecular flexibility index (Phi) is 4.49. The Morgan fingerprint density at radius 2 is 2.00 bits per heavy atom. The predicted molar refractivity (Wildman–Crippen MR) is 98.2 cm³/mol. The van der Waals surface area contributed by atoms with E-state index in [-0.39, 0.29) is 18.0 Å². The second kappa shape index (κ2) is 6.57. The van der Waals surface area contributed by atoms with Crippen LogP contribution in [0.25, 0.3) is 10.9 Å². The molecular formula is C18H16BrN3O2. The first kappa shape index (κ1) is 16.4. The summed E-state index contributed by atoms with van der Waals surface area (Å²) in [5, 5.41) is 3.31. The quantitative estimate of drug-likeness (QED) is 0.751. The number of benzene rings is 2. The molecule has 0 atom stereocenters. The van der Waals surface area contributed by atoms with Crippen LogP contribution in [-0.4, -0.2) is 15.5 Å². The SMILES string of the molecule is Cc1ccc(NC(=O)Cn2cnc3ccc(Br)cc3c2=O)c(C)c1. The molecule has 0 saturated carbocycles. The van der Waals surface area contributed by atoms with E-state index >= 15 is 0 Å². The molecule has 1 amide bonds. The molecular weight excluding hydrogens is 370 g/mol. The maximum atomic E-state index is 12.5. The summed E-state index contributed by atoms with van der Waals surface area (Å²) in [6.45, 7) is 3.85. The number of carbonyl (C=O) groups is 1. The van der Waals surface area contributed by atoms with Gasteiger partial charge in [-0.15, -0.1) is 0 Å². The van der Waals surface area contributed by atoms with Crippen molar-refractivity contribution < 1.29 is 4.79 Å². The summed E-state index contributed by atoms with van der Waals surface area (Å²) in [5.41, 5.74) is 3.23. The lowest BCUT2D eigenvalue weighted by Gasteiger charge is -2.10. The maximum absolute atomic E-state index is 12.5. The molecule has 2 aromatic carbocycles. The van der Waals surface area contributed by atoms with Crippen LogP contribution in [0.2, 0.25) is 0 Å². The van der Waals surface area contributed by atoms with Crippen LogP contribution in [0.5, 0.6) is 0 Å². The van der Waals surface area contributed by atoms with Gasteiger partial charge in [0.1, 0.15) is 6.54 Å². The zero-order valence-corrected chi connectivity index (χ0v) is 14.9. The molecule has 0 radical (unpaired) electrons. The van der Waals surface area contributed by atoms with E-state index in [1.165, 1.54) is 10.9 Å². The lowest BCUT2D eigenvalue weighted by molar-refractivity contribution is -0.116. The van der Waals surface area contributed by atoms with Crippen molar-refractivity contribution in [2.24, 2.45) is 0 Å². The third-order valence-corrected chi connectivity index (χ3v) is 4.25. The highest BCUT2D eigenvalue weighted by Gasteiger charge is 2.10. The number of nitrogens with zero attached hydrogens (tertiary/aromatic N) is 2. The Morgan fingerprint density at radius 3 is 2.75 bits per heavy atom. The number of rotatable bonds is 3. The minimum Gasteiger partial charge on any atom is -0.324 e. The van der Waals surface area contributed by atoms with Crippen LogP contribution in [0.3, 0.4) is 0 Å². The molecule has 0 aliphatic carbocycles. The maximum Gasteiger partial charge on any atom is 0.261 e. The van der Waals surface area contributed by atoms with Crippen LogP contribution < -0.4 is 10.9 Å². The van der Waals surface area contributed by atoms with E-state index in [1.54, 1.807) is 12.1 Å². The third-order valence-electron chi connectivity index (χ3n) is 3.76. The molecule has 0 spiro atoms. The number of carbonyl (C=O) groups excluding carboxylic acids is 1. The molecule has 1 heterocycles. The summed E-state index contributed by atoms with van der Waals surface area (Å²) in [4.78, 5) is 29.0. The first-order chi connectivity index (χ1) is 11.4. The van der Waals surface area contributed by atoms with Gasteiger partial charge >= 0.3 is 0 Å². The number of hydrogen-bond donors (Lipinski definition) is 1. The Balaban J connectivity index is 1.85. The van der Waals surface area contributed by atoms with Gasteiger partial charge in [-0.2, -0.15) is 0 Å². The average Bonchev–Trinajstić information content (AvgIpc) is 2.53. The van der Waals surface area contributed by atoms with Crippen LogP contribution in [-0.2, 0) is 11.3 Å². The smallest absolute Gasteiger partial charge is 0.261 e. The number of anilines is 1. The predicted octanol–water partition coefficient (Wildman–Crippen LogP) is 3.41. The van der Waals surface area contributed by atoms with E-state index in [0.717, 1.165) is 21.3 Å². The van der Waals surface area contributed by atoms with Crippen molar-refractivity contribution in [2.75, 3.05) is 5.32 Å².